The molecule has 0 spiro atoms. The van der Waals surface area contributed by atoms with Crippen LogP contribution >= 0.6 is 0 Å². The van der Waals surface area contributed by atoms with Crippen molar-refractivity contribution >= 4 is 11.9 Å². The normalized spacial score (nSPS) is 30.6. The van der Waals surface area contributed by atoms with Crippen molar-refractivity contribution in [2.75, 3.05) is 6.54 Å². The number of carbonyl (C=O) groups is 2. The van der Waals surface area contributed by atoms with Crippen LogP contribution in [0.25, 0.3) is 0 Å². The summed E-state index contributed by atoms with van der Waals surface area (Å²) in [5.41, 5.74) is 0. The Labute approximate surface area is 86.9 Å². The Morgan fingerprint density at radius 2 is 1.75 bits per heavy atom. The molecule has 1 heterocycles. The van der Waals surface area contributed by atoms with Crippen LogP contribution in [0.3, 0.4) is 0 Å². The number of aliphatic hydroxyl groups excluding tert-OH is 2. The zero-order chi connectivity index (χ0) is 12.7. The van der Waals surface area contributed by atoms with Crippen LogP contribution in [-0.4, -0.2) is 63.1 Å². The molecule has 0 aliphatic carbocycles. The highest BCUT2D eigenvalue weighted by Crippen LogP contribution is 2.26. The summed E-state index contributed by atoms with van der Waals surface area (Å²) in [5, 5.41) is 26.7. The summed E-state index contributed by atoms with van der Waals surface area (Å²) in [5.74, 6) is -4.20. The third-order valence-corrected chi connectivity index (χ3v) is 2.19. The van der Waals surface area contributed by atoms with E-state index in [9.17, 15) is 22.8 Å². The summed E-state index contributed by atoms with van der Waals surface area (Å²) in [6, 6.07) is -2.08. The second-order valence-electron chi connectivity index (χ2n) is 3.30. The molecule has 0 aromatic rings. The van der Waals surface area contributed by atoms with E-state index in [4.69, 9.17) is 15.3 Å². The minimum absolute atomic E-state index is 0.0995. The van der Waals surface area contributed by atoms with Crippen molar-refractivity contribution in [2.45, 2.75) is 24.4 Å². The monoisotopic (exact) mass is 243 g/mol. The molecule has 0 aromatic heterocycles. The molecule has 0 aromatic carbocycles. The first-order valence-electron chi connectivity index (χ1n) is 4.13. The van der Waals surface area contributed by atoms with Gasteiger partial charge in [0.2, 0.25) is 0 Å². The van der Waals surface area contributed by atoms with Crippen molar-refractivity contribution in [2.24, 2.45) is 0 Å². The molecule has 0 radical (unpaired) electrons. The summed E-state index contributed by atoms with van der Waals surface area (Å²) in [4.78, 5) is 21.3. The Morgan fingerprint density at radius 3 is 2.12 bits per heavy atom. The van der Waals surface area contributed by atoms with Gasteiger partial charge in [0.15, 0.2) is 6.04 Å². The fourth-order valence-electron chi connectivity index (χ4n) is 1.47. The largest absolute Gasteiger partial charge is 0.480 e. The number of hydrogen-bond donors (Lipinski definition) is 3. The smallest absolute Gasteiger partial charge is 0.471 e. The third-order valence-electron chi connectivity index (χ3n) is 2.19. The molecule has 6 nitrogen and oxygen atoms in total. The number of nitrogens with zero attached hydrogens (tertiary/aromatic N) is 1. The Kier molecular flexibility index (Phi) is 3.10. The second kappa shape index (κ2) is 3.91. The predicted octanol–water partition coefficient (Wildman–Crippen LogP) is -1.43. The van der Waals surface area contributed by atoms with Gasteiger partial charge in [0.05, 0.1) is 6.54 Å². The number of β-amino-alcohol motifs (C(OH)–C–C–N with tert-alkyl or cyclic N) is 1. The number of carboxylic acid groups (broad SMARTS) is 1. The van der Waals surface area contributed by atoms with E-state index in [1.54, 1.807) is 0 Å². The highest BCUT2D eigenvalue weighted by molar-refractivity contribution is 5.88. The van der Waals surface area contributed by atoms with Crippen LogP contribution in [-0.2, 0) is 9.59 Å². The van der Waals surface area contributed by atoms with E-state index >= 15 is 0 Å². The number of rotatable bonds is 1. The van der Waals surface area contributed by atoms with Gasteiger partial charge in [-0.3, -0.25) is 4.79 Å². The van der Waals surface area contributed by atoms with Gasteiger partial charge < -0.3 is 20.2 Å². The van der Waals surface area contributed by atoms with Crippen molar-refractivity contribution < 1.29 is 38.1 Å². The number of alkyl halides is 3. The highest BCUT2D eigenvalue weighted by Gasteiger charge is 2.53. The van der Waals surface area contributed by atoms with E-state index in [-0.39, 0.29) is 4.90 Å². The van der Waals surface area contributed by atoms with Gasteiger partial charge >= 0.3 is 18.1 Å². The summed E-state index contributed by atoms with van der Waals surface area (Å²) >= 11 is 0. The molecular weight excluding hydrogens is 235 g/mol. The average Bonchev–Trinajstić information content (AvgIpc) is 2.40. The number of aliphatic carboxylic acids is 1. The number of carbonyl (C=O) groups excluding carboxylic acids is 1. The molecule has 1 amide bonds. The lowest BCUT2D eigenvalue weighted by Crippen LogP contribution is -2.49. The highest BCUT2D eigenvalue weighted by atomic mass is 19.4. The molecule has 0 bridgehead atoms. The molecule has 3 N–H and O–H groups in total. The lowest BCUT2D eigenvalue weighted by Gasteiger charge is -2.22. The van der Waals surface area contributed by atoms with Crippen molar-refractivity contribution in [1.82, 2.24) is 4.90 Å². The van der Waals surface area contributed by atoms with Gasteiger partial charge in [-0.25, -0.2) is 4.79 Å². The Bertz CT molecular complexity index is 318. The second-order valence-corrected chi connectivity index (χ2v) is 3.30. The lowest BCUT2D eigenvalue weighted by atomic mass is 10.1. The van der Waals surface area contributed by atoms with Gasteiger partial charge in [-0.05, 0) is 0 Å². The fraction of sp³-hybridized carbons (Fsp3) is 0.714. The topological polar surface area (TPSA) is 98.1 Å². The van der Waals surface area contributed by atoms with E-state index in [0.29, 0.717) is 0 Å². The summed E-state index contributed by atoms with van der Waals surface area (Å²) in [7, 11) is 0. The van der Waals surface area contributed by atoms with Crippen molar-refractivity contribution in [3.8, 4) is 0 Å². The molecule has 0 unspecified atom stereocenters. The maximum absolute atomic E-state index is 12.0. The van der Waals surface area contributed by atoms with Gasteiger partial charge in [0, 0.05) is 0 Å². The maximum Gasteiger partial charge on any atom is 0.471 e. The van der Waals surface area contributed by atoms with Crippen LogP contribution < -0.4 is 0 Å². The zero-order valence-electron chi connectivity index (χ0n) is 7.68. The quantitative estimate of drug-likeness (QED) is 0.524. The molecule has 16 heavy (non-hydrogen) atoms. The Hall–Kier alpha value is -1.35. The molecule has 1 fully saturated rings. The first-order valence-corrected chi connectivity index (χ1v) is 4.13. The van der Waals surface area contributed by atoms with Gasteiger partial charge in [0.25, 0.3) is 0 Å². The maximum atomic E-state index is 12.0. The number of aliphatic hydroxyl groups is 2. The minimum atomic E-state index is -5.24. The van der Waals surface area contributed by atoms with Crippen LogP contribution in [0.1, 0.15) is 0 Å². The number of hydrogen-bond acceptors (Lipinski definition) is 4. The van der Waals surface area contributed by atoms with Gasteiger partial charge in [-0.1, -0.05) is 0 Å². The Balaban J connectivity index is 2.96. The Morgan fingerprint density at radius 1 is 1.25 bits per heavy atom. The number of likely N-dealkylation sites (tertiary alicyclic amines) is 1. The van der Waals surface area contributed by atoms with Crippen LogP contribution in [0.5, 0.6) is 0 Å². The molecule has 92 valence electrons. The van der Waals surface area contributed by atoms with Crippen LogP contribution in [0.4, 0.5) is 13.2 Å². The SMILES string of the molecule is O=C(O)[C@H]1[C@H](O)[C@H](O)CN1C(=O)C(F)(F)F. The van der Waals surface area contributed by atoms with E-state index in [2.05, 4.69) is 0 Å². The lowest BCUT2D eigenvalue weighted by molar-refractivity contribution is -0.189. The number of halogens is 3. The van der Waals surface area contributed by atoms with E-state index in [1.807, 2.05) is 0 Å². The van der Waals surface area contributed by atoms with Crippen LogP contribution in [0, 0.1) is 0 Å². The standard InChI is InChI=1S/C7H8F3NO5/c8-7(9,10)6(16)11-1-2(12)4(13)3(11)5(14)15/h2-4,12-13H,1H2,(H,14,15)/t2-,3-,4-/m1/s1. The molecule has 1 rings (SSSR count). The molecule has 0 saturated carbocycles. The molecule has 1 saturated heterocycles. The van der Waals surface area contributed by atoms with Crippen LogP contribution in [0.2, 0.25) is 0 Å². The van der Waals surface area contributed by atoms with Crippen LogP contribution in [0.15, 0.2) is 0 Å². The average molecular weight is 243 g/mol. The van der Waals surface area contributed by atoms with E-state index < -0.39 is 42.8 Å². The van der Waals surface area contributed by atoms with Gasteiger partial charge in [0.1, 0.15) is 12.2 Å². The third kappa shape index (κ3) is 2.09. The van der Waals surface area contributed by atoms with Crippen molar-refractivity contribution in [1.29, 1.82) is 0 Å². The number of amides is 1. The zero-order valence-corrected chi connectivity index (χ0v) is 7.68. The van der Waals surface area contributed by atoms with E-state index in [1.165, 1.54) is 0 Å². The van der Waals surface area contributed by atoms with E-state index in [0.717, 1.165) is 0 Å². The summed E-state index contributed by atoms with van der Waals surface area (Å²) in [6.45, 7) is -0.865. The molecular formula is C7H8F3NO5. The van der Waals surface area contributed by atoms with Gasteiger partial charge in [-0.15, -0.1) is 0 Å². The van der Waals surface area contributed by atoms with Gasteiger partial charge in [-0.2, -0.15) is 13.2 Å². The first kappa shape index (κ1) is 12.7. The van der Waals surface area contributed by atoms with Crippen molar-refractivity contribution in [3.05, 3.63) is 0 Å². The molecule has 1 aliphatic rings. The molecule has 9 heteroatoms. The fourth-order valence-corrected chi connectivity index (χ4v) is 1.47. The predicted molar refractivity (Wildman–Crippen MR) is 41.2 cm³/mol. The van der Waals surface area contributed by atoms with Crippen molar-refractivity contribution in [3.63, 3.8) is 0 Å². The number of carboxylic acids is 1. The summed E-state index contributed by atoms with van der Waals surface area (Å²) < 4.78 is 36.1. The first-order chi connectivity index (χ1) is 7.16. The molecule has 3 atom stereocenters. The summed E-state index contributed by atoms with van der Waals surface area (Å²) in [6.07, 6.45) is -8.87. The molecule has 1 aliphatic heterocycles. The minimum Gasteiger partial charge on any atom is -0.480 e.